The number of ether oxygens (including phenoxy) is 2. The highest BCUT2D eigenvalue weighted by Gasteiger charge is 2.55. The Balaban J connectivity index is 2.21. The van der Waals surface area contributed by atoms with Crippen LogP contribution in [0, 0.1) is 23.2 Å². The van der Waals surface area contributed by atoms with Gasteiger partial charge in [0, 0.05) is 5.92 Å². The molecule has 0 amide bonds. The maximum absolute atomic E-state index is 12.2. The van der Waals surface area contributed by atoms with Crippen molar-refractivity contribution in [2.24, 2.45) is 11.8 Å². The maximum atomic E-state index is 12.2. The molecule has 0 radical (unpaired) electrons. The average molecular weight is 352 g/mol. The molecule has 1 aliphatic rings. The first-order valence-corrected chi connectivity index (χ1v) is 7.72. The van der Waals surface area contributed by atoms with Gasteiger partial charge in [-0.05, 0) is 34.0 Å². The van der Waals surface area contributed by atoms with Crippen molar-refractivity contribution in [3.05, 3.63) is 35.9 Å². The molecule has 4 nitrogen and oxygen atoms in total. The van der Waals surface area contributed by atoms with E-state index in [1.807, 2.05) is 26.8 Å². The summed E-state index contributed by atoms with van der Waals surface area (Å²) in [6.07, 6.45) is -0.791. The third-order valence-electron chi connectivity index (χ3n) is 3.72. The molecular weight excluding hydrogens is 334 g/mol. The van der Waals surface area contributed by atoms with Gasteiger partial charge in [-0.25, -0.2) is 4.79 Å². The van der Waals surface area contributed by atoms with Gasteiger partial charge in [0.1, 0.15) is 6.07 Å². The van der Waals surface area contributed by atoms with Crippen LogP contribution in [0.25, 0.3) is 0 Å². The Hall–Kier alpha value is -1.38. The molecule has 1 saturated heterocycles. The van der Waals surface area contributed by atoms with Crippen molar-refractivity contribution >= 4 is 21.9 Å². The molecule has 0 bridgehead atoms. The van der Waals surface area contributed by atoms with Crippen molar-refractivity contribution in [2.45, 2.75) is 37.5 Å². The molecule has 112 valence electrons. The highest BCUT2D eigenvalue weighted by Crippen LogP contribution is 2.44. The summed E-state index contributed by atoms with van der Waals surface area (Å²) in [6, 6.07) is 10.8. The van der Waals surface area contributed by atoms with E-state index in [1.165, 1.54) is 0 Å². The van der Waals surface area contributed by atoms with E-state index in [1.54, 1.807) is 24.3 Å². The van der Waals surface area contributed by atoms with E-state index in [0.717, 1.165) is 0 Å². The van der Waals surface area contributed by atoms with Gasteiger partial charge in [0.25, 0.3) is 0 Å². The summed E-state index contributed by atoms with van der Waals surface area (Å²) in [5.74, 6) is -0.290. The zero-order valence-electron chi connectivity index (χ0n) is 12.2. The molecule has 0 saturated carbocycles. The number of carbonyl (C=O) groups excluding carboxylic acids is 1. The number of nitrogens with zero attached hydrogens (tertiary/aromatic N) is 1. The molecule has 2 rings (SSSR count). The molecule has 4 atom stereocenters. The molecule has 1 unspecified atom stereocenters. The molecule has 1 aromatic carbocycles. The van der Waals surface area contributed by atoms with E-state index in [-0.39, 0.29) is 17.9 Å². The van der Waals surface area contributed by atoms with E-state index in [9.17, 15) is 10.1 Å². The lowest BCUT2D eigenvalue weighted by molar-refractivity contribution is -0.00919. The molecule has 0 aliphatic carbocycles. The van der Waals surface area contributed by atoms with Crippen LogP contribution in [-0.2, 0) is 9.47 Å². The van der Waals surface area contributed by atoms with Crippen LogP contribution in [0.15, 0.2) is 30.3 Å². The molecule has 0 aromatic heterocycles. The fourth-order valence-corrected chi connectivity index (χ4v) is 3.38. The largest absolute Gasteiger partial charge is 0.453 e. The van der Waals surface area contributed by atoms with E-state index < -0.39 is 16.6 Å². The lowest BCUT2D eigenvalue weighted by atomic mass is 9.91. The third kappa shape index (κ3) is 3.12. The quantitative estimate of drug-likeness (QED) is 0.617. The zero-order chi connectivity index (χ0) is 15.6. The second kappa shape index (κ2) is 6.17. The van der Waals surface area contributed by atoms with Gasteiger partial charge in [-0.15, -0.1) is 0 Å². The topological polar surface area (TPSA) is 59.3 Å². The van der Waals surface area contributed by atoms with Gasteiger partial charge >= 0.3 is 5.97 Å². The summed E-state index contributed by atoms with van der Waals surface area (Å²) in [7, 11) is 0. The van der Waals surface area contributed by atoms with Crippen LogP contribution in [0.1, 0.15) is 31.1 Å². The van der Waals surface area contributed by atoms with Crippen LogP contribution in [0.3, 0.4) is 0 Å². The summed E-state index contributed by atoms with van der Waals surface area (Å²) in [4.78, 5) is 12.2. The second-order valence-corrected chi connectivity index (χ2v) is 6.81. The average Bonchev–Trinajstić information content (AvgIpc) is 2.74. The summed E-state index contributed by atoms with van der Waals surface area (Å²) in [5, 5.41) is 9.38. The van der Waals surface area contributed by atoms with Gasteiger partial charge in [0.15, 0.2) is 6.10 Å². The standard InChI is InChI=1S/C16H18BrNO3/c1-10(2)13-11(3)14(16(17,9-18)21-13)20-15(19)12-7-5-4-6-8-12/h4-8,10-11,13-14H,1-3H3/t11-,13-,14-,16?/m1/s1. The van der Waals surface area contributed by atoms with E-state index in [2.05, 4.69) is 22.0 Å². The predicted molar refractivity (Wildman–Crippen MR) is 81.8 cm³/mol. The molecular formula is C16H18BrNO3. The van der Waals surface area contributed by atoms with E-state index in [0.29, 0.717) is 5.56 Å². The van der Waals surface area contributed by atoms with Crippen molar-refractivity contribution in [3.63, 3.8) is 0 Å². The van der Waals surface area contributed by atoms with Crippen LogP contribution < -0.4 is 0 Å². The van der Waals surface area contributed by atoms with Crippen LogP contribution >= 0.6 is 15.9 Å². The molecule has 0 spiro atoms. The first-order chi connectivity index (χ1) is 9.89. The third-order valence-corrected chi connectivity index (χ3v) is 4.54. The predicted octanol–water partition coefficient (Wildman–Crippen LogP) is 3.52. The maximum Gasteiger partial charge on any atom is 0.338 e. The second-order valence-electron chi connectivity index (χ2n) is 5.63. The summed E-state index contributed by atoms with van der Waals surface area (Å²) < 4.78 is 10.1. The van der Waals surface area contributed by atoms with Gasteiger partial charge < -0.3 is 9.47 Å². The van der Waals surface area contributed by atoms with Gasteiger partial charge in [0.2, 0.25) is 4.51 Å². The van der Waals surface area contributed by atoms with Gasteiger partial charge in [0.05, 0.1) is 11.7 Å². The highest BCUT2D eigenvalue weighted by molar-refractivity contribution is 9.10. The Bertz CT molecular complexity index is 554. The van der Waals surface area contributed by atoms with Crippen LogP contribution in [0.5, 0.6) is 0 Å². The van der Waals surface area contributed by atoms with Gasteiger partial charge in [-0.1, -0.05) is 39.0 Å². The Labute approximate surface area is 133 Å². The Morgan fingerprint density at radius 1 is 1.43 bits per heavy atom. The van der Waals surface area contributed by atoms with Gasteiger partial charge in [-0.2, -0.15) is 5.26 Å². The number of nitriles is 1. The SMILES string of the molecule is CC(C)[C@H]1OC(Br)(C#N)[C@H](OC(=O)c2ccccc2)[C@@H]1C. The Morgan fingerprint density at radius 2 is 2.05 bits per heavy atom. The lowest BCUT2D eigenvalue weighted by Crippen LogP contribution is -2.37. The molecule has 21 heavy (non-hydrogen) atoms. The number of rotatable bonds is 3. The monoisotopic (exact) mass is 351 g/mol. The first-order valence-electron chi connectivity index (χ1n) is 6.93. The highest BCUT2D eigenvalue weighted by atomic mass is 79.9. The summed E-state index contributed by atoms with van der Waals surface area (Å²) >= 11 is 3.30. The normalized spacial score (nSPS) is 31.9. The Morgan fingerprint density at radius 3 is 2.57 bits per heavy atom. The summed E-state index contributed by atoms with van der Waals surface area (Å²) in [5.41, 5.74) is 0.463. The molecule has 1 aliphatic heterocycles. The van der Waals surface area contributed by atoms with E-state index in [4.69, 9.17) is 9.47 Å². The van der Waals surface area contributed by atoms with Crippen LogP contribution in [0.4, 0.5) is 0 Å². The van der Waals surface area contributed by atoms with E-state index >= 15 is 0 Å². The Kier molecular flexibility index (Phi) is 4.70. The van der Waals surface area contributed by atoms with Crippen molar-refractivity contribution < 1.29 is 14.3 Å². The van der Waals surface area contributed by atoms with Crippen LogP contribution in [0.2, 0.25) is 0 Å². The summed E-state index contributed by atoms with van der Waals surface area (Å²) in [6.45, 7) is 5.98. The van der Waals surface area contributed by atoms with Crippen LogP contribution in [-0.4, -0.2) is 22.7 Å². The first kappa shape index (κ1) is 16.0. The molecule has 5 heteroatoms. The number of hydrogen-bond acceptors (Lipinski definition) is 4. The number of benzene rings is 1. The fourth-order valence-electron chi connectivity index (χ4n) is 2.66. The number of alkyl halides is 1. The minimum atomic E-state index is -1.29. The molecule has 0 N–H and O–H groups in total. The van der Waals surface area contributed by atoms with Crippen molar-refractivity contribution in [3.8, 4) is 6.07 Å². The minimum absolute atomic E-state index is 0.0725. The minimum Gasteiger partial charge on any atom is -0.453 e. The number of carbonyl (C=O) groups is 1. The fraction of sp³-hybridized carbons (Fsp3) is 0.500. The number of halogens is 1. The van der Waals surface area contributed by atoms with Crippen molar-refractivity contribution in [2.75, 3.05) is 0 Å². The van der Waals surface area contributed by atoms with Crippen molar-refractivity contribution in [1.82, 2.24) is 0 Å². The smallest absolute Gasteiger partial charge is 0.338 e. The zero-order valence-corrected chi connectivity index (χ0v) is 13.8. The van der Waals surface area contributed by atoms with Gasteiger partial charge in [-0.3, -0.25) is 0 Å². The molecule has 1 heterocycles. The van der Waals surface area contributed by atoms with Crippen molar-refractivity contribution in [1.29, 1.82) is 5.26 Å². The number of esters is 1. The lowest BCUT2D eigenvalue weighted by Gasteiger charge is -2.23. The number of hydrogen-bond donors (Lipinski definition) is 0. The molecule has 1 aromatic rings. The molecule has 1 fully saturated rings.